The smallest absolute Gasteiger partial charge is 0.279 e. The van der Waals surface area contributed by atoms with Crippen molar-refractivity contribution in [2.45, 2.75) is 25.4 Å². The Labute approximate surface area is 159 Å². The number of carbonyl (C=O) groups is 1. The van der Waals surface area contributed by atoms with Gasteiger partial charge in [-0.1, -0.05) is 0 Å². The summed E-state index contributed by atoms with van der Waals surface area (Å²) in [6, 6.07) is 1.08. The summed E-state index contributed by atoms with van der Waals surface area (Å²) in [5, 5.41) is 10.2. The monoisotopic (exact) mass is 390 g/mol. The molecule has 3 rings (SSSR count). The van der Waals surface area contributed by atoms with Crippen LogP contribution in [0.2, 0.25) is 0 Å². The maximum absolute atomic E-state index is 12.4. The van der Waals surface area contributed by atoms with Gasteiger partial charge < -0.3 is 20.9 Å². The molecule has 0 radical (unpaired) electrons. The Morgan fingerprint density at radius 1 is 1.43 bits per heavy atom. The SMILES string of the molecule is CC1C(C(N)=O)NCCN1c1cc(-c2cnc(/C=C\C(=N)C(F)F)[nH]2)ncn1. The first-order chi connectivity index (χ1) is 13.4. The average Bonchev–Trinajstić information content (AvgIpc) is 3.15. The third kappa shape index (κ3) is 4.19. The zero-order valence-corrected chi connectivity index (χ0v) is 15.1. The van der Waals surface area contributed by atoms with Gasteiger partial charge >= 0.3 is 0 Å². The van der Waals surface area contributed by atoms with Gasteiger partial charge in [0.15, 0.2) is 0 Å². The molecule has 3 heterocycles. The van der Waals surface area contributed by atoms with Crippen LogP contribution in [0, 0.1) is 5.41 Å². The quantitative estimate of drug-likeness (QED) is 0.539. The molecule has 9 nitrogen and oxygen atoms in total. The van der Waals surface area contributed by atoms with Crippen molar-refractivity contribution in [3.05, 3.63) is 30.5 Å². The number of piperazine rings is 1. The van der Waals surface area contributed by atoms with Crippen molar-refractivity contribution in [1.29, 1.82) is 5.41 Å². The van der Waals surface area contributed by atoms with E-state index in [1.807, 2.05) is 11.8 Å². The van der Waals surface area contributed by atoms with Gasteiger partial charge in [-0.15, -0.1) is 0 Å². The lowest BCUT2D eigenvalue weighted by molar-refractivity contribution is -0.120. The average molecular weight is 390 g/mol. The molecule has 28 heavy (non-hydrogen) atoms. The molecule has 0 aromatic carbocycles. The Bertz CT molecular complexity index is 897. The van der Waals surface area contributed by atoms with E-state index in [-0.39, 0.29) is 6.04 Å². The number of amides is 1. The molecule has 2 atom stereocenters. The highest BCUT2D eigenvalue weighted by atomic mass is 19.3. The van der Waals surface area contributed by atoms with Gasteiger partial charge in [0, 0.05) is 19.2 Å². The van der Waals surface area contributed by atoms with Crippen molar-refractivity contribution in [2.75, 3.05) is 18.0 Å². The van der Waals surface area contributed by atoms with E-state index in [2.05, 4.69) is 25.3 Å². The van der Waals surface area contributed by atoms with E-state index in [4.69, 9.17) is 11.1 Å². The van der Waals surface area contributed by atoms with Crippen molar-refractivity contribution in [3.8, 4) is 11.4 Å². The van der Waals surface area contributed by atoms with Gasteiger partial charge in [-0.05, 0) is 19.1 Å². The number of aromatic amines is 1. The van der Waals surface area contributed by atoms with E-state index in [1.54, 1.807) is 6.07 Å². The summed E-state index contributed by atoms with van der Waals surface area (Å²) in [5.41, 5.74) is 5.78. The number of hydrogen-bond acceptors (Lipinski definition) is 7. The second-order valence-electron chi connectivity index (χ2n) is 6.30. The summed E-state index contributed by atoms with van der Waals surface area (Å²) in [6.07, 6.45) is 2.38. The number of aromatic nitrogens is 4. The summed E-state index contributed by atoms with van der Waals surface area (Å²) in [7, 11) is 0. The summed E-state index contributed by atoms with van der Waals surface area (Å²) >= 11 is 0. The number of rotatable bonds is 6. The fourth-order valence-electron chi connectivity index (χ4n) is 3.00. The number of imidazole rings is 1. The van der Waals surface area contributed by atoms with Crippen LogP contribution in [0.15, 0.2) is 24.7 Å². The lowest BCUT2D eigenvalue weighted by Gasteiger charge is -2.39. The second-order valence-corrected chi connectivity index (χ2v) is 6.30. The third-order valence-corrected chi connectivity index (χ3v) is 4.47. The number of H-pyrrole nitrogens is 1. The van der Waals surface area contributed by atoms with Crippen LogP contribution in [0.25, 0.3) is 17.5 Å². The Balaban J connectivity index is 1.80. The highest BCUT2D eigenvalue weighted by molar-refractivity contribution is 5.97. The maximum Gasteiger partial charge on any atom is 0.279 e. The van der Waals surface area contributed by atoms with Crippen LogP contribution in [-0.2, 0) is 4.79 Å². The van der Waals surface area contributed by atoms with Gasteiger partial charge in [-0.2, -0.15) is 0 Å². The molecule has 11 heteroatoms. The number of anilines is 1. The largest absolute Gasteiger partial charge is 0.368 e. The minimum atomic E-state index is -2.83. The number of nitrogens with one attached hydrogen (secondary N) is 3. The zero-order valence-electron chi connectivity index (χ0n) is 15.1. The standard InChI is InChI=1S/C17H20F2N8O/c1-9-15(17(21)28)22-4-5-27(9)14-6-11(24-8-25-14)12-7-23-13(26-12)3-2-10(20)16(18)19/h2-3,6-9,15-16,20,22H,4-5H2,1H3,(H2,21,28)(H,23,26)/b3-2-,20-10?. The molecule has 1 aliphatic heterocycles. The highest BCUT2D eigenvalue weighted by Gasteiger charge is 2.32. The van der Waals surface area contributed by atoms with Gasteiger partial charge in [0.1, 0.15) is 24.0 Å². The Kier molecular flexibility index (Phi) is 5.73. The minimum absolute atomic E-state index is 0.186. The number of halogens is 2. The number of nitrogens with two attached hydrogens (primary N) is 1. The van der Waals surface area contributed by atoms with Crippen LogP contribution >= 0.6 is 0 Å². The van der Waals surface area contributed by atoms with E-state index in [0.29, 0.717) is 36.1 Å². The van der Waals surface area contributed by atoms with E-state index < -0.39 is 24.1 Å². The molecule has 148 valence electrons. The first-order valence-corrected chi connectivity index (χ1v) is 8.58. The zero-order chi connectivity index (χ0) is 20.3. The van der Waals surface area contributed by atoms with Crippen molar-refractivity contribution in [2.24, 2.45) is 5.73 Å². The molecule has 0 aliphatic carbocycles. The molecule has 0 bridgehead atoms. The van der Waals surface area contributed by atoms with Gasteiger partial charge in [-0.3, -0.25) is 10.2 Å². The number of carbonyl (C=O) groups excluding carboxylic acids is 1. The first kappa shape index (κ1) is 19.5. The van der Waals surface area contributed by atoms with Crippen LogP contribution in [0.5, 0.6) is 0 Å². The van der Waals surface area contributed by atoms with Crippen molar-refractivity contribution in [1.82, 2.24) is 25.3 Å². The molecule has 1 amide bonds. The molecular formula is C17H20F2N8O. The van der Waals surface area contributed by atoms with Crippen LogP contribution in [0.3, 0.4) is 0 Å². The molecule has 2 aromatic rings. The summed E-state index contributed by atoms with van der Waals surface area (Å²) in [5.74, 6) is 0.534. The van der Waals surface area contributed by atoms with Crippen LogP contribution in [-0.4, -0.2) is 63.2 Å². The number of nitrogens with zero attached hydrogens (tertiary/aromatic N) is 4. The number of primary amides is 1. The van der Waals surface area contributed by atoms with E-state index >= 15 is 0 Å². The summed E-state index contributed by atoms with van der Waals surface area (Å²) < 4.78 is 24.7. The molecule has 2 aromatic heterocycles. The van der Waals surface area contributed by atoms with Gasteiger partial charge in [0.05, 0.1) is 29.3 Å². The van der Waals surface area contributed by atoms with Crippen molar-refractivity contribution in [3.63, 3.8) is 0 Å². The molecule has 0 spiro atoms. The minimum Gasteiger partial charge on any atom is -0.368 e. The van der Waals surface area contributed by atoms with E-state index in [1.165, 1.54) is 18.6 Å². The summed E-state index contributed by atoms with van der Waals surface area (Å²) in [4.78, 5) is 29.1. The Morgan fingerprint density at radius 2 is 2.21 bits per heavy atom. The first-order valence-electron chi connectivity index (χ1n) is 8.58. The van der Waals surface area contributed by atoms with Gasteiger partial charge in [-0.25, -0.2) is 23.7 Å². The van der Waals surface area contributed by atoms with Crippen molar-refractivity contribution >= 4 is 23.5 Å². The van der Waals surface area contributed by atoms with Gasteiger partial charge in [0.25, 0.3) is 6.43 Å². The third-order valence-electron chi connectivity index (χ3n) is 4.47. The van der Waals surface area contributed by atoms with E-state index in [9.17, 15) is 13.6 Å². The molecule has 5 N–H and O–H groups in total. The Morgan fingerprint density at radius 3 is 2.93 bits per heavy atom. The highest BCUT2D eigenvalue weighted by Crippen LogP contribution is 2.23. The number of alkyl halides is 2. The molecule has 1 aliphatic rings. The number of hydrogen-bond donors (Lipinski definition) is 4. The lowest BCUT2D eigenvalue weighted by atomic mass is 10.0. The van der Waals surface area contributed by atoms with Gasteiger partial charge in [0.2, 0.25) is 5.91 Å². The maximum atomic E-state index is 12.4. The van der Waals surface area contributed by atoms with Crippen LogP contribution in [0.1, 0.15) is 12.7 Å². The normalized spacial score (nSPS) is 20.1. The molecule has 1 saturated heterocycles. The predicted octanol–water partition coefficient (Wildman–Crippen LogP) is 0.817. The molecule has 1 fully saturated rings. The molecule has 0 saturated carbocycles. The fraction of sp³-hybridized carbons (Fsp3) is 0.353. The number of allylic oxidation sites excluding steroid dienone is 1. The second kappa shape index (κ2) is 8.21. The van der Waals surface area contributed by atoms with Crippen LogP contribution in [0.4, 0.5) is 14.6 Å². The lowest BCUT2D eigenvalue weighted by Crippen LogP contribution is -2.61. The molecule has 2 unspecified atom stereocenters. The van der Waals surface area contributed by atoms with Crippen LogP contribution < -0.4 is 16.0 Å². The predicted molar refractivity (Wildman–Crippen MR) is 100 cm³/mol. The summed E-state index contributed by atoms with van der Waals surface area (Å²) in [6.45, 7) is 3.13. The molecular weight excluding hydrogens is 370 g/mol. The Hall–Kier alpha value is -3.21. The van der Waals surface area contributed by atoms with E-state index in [0.717, 1.165) is 6.08 Å². The van der Waals surface area contributed by atoms with Crippen molar-refractivity contribution < 1.29 is 13.6 Å². The topological polar surface area (TPSA) is 137 Å². The fourth-order valence-corrected chi connectivity index (χ4v) is 3.00.